The van der Waals surface area contributed by atoms with Crippen LogP contribution in [0.3, 0.4) is 0 Å². The molecule has 5 aromatic rings. The Morgan fingerprint density at radius 1 is 0.957 bits per heavy atom. The number of hydrogen-bond donors (Lipinski definition) is 1. The zero-order valence-electron chi connectivity index (χ0n) is 28.2. The van der Waals surface area contributed by atoms with Gasteiger partial charge in [0, 0.05) is 59.3 Å². The molecule has 1 radical (unpaired) electrons. The van der Waals surface area contributed by atoms with E-state index >= 15 is 0 Å². The summed E-state index contributed by atoms with van der Waals surface area (Å²) in [6, 6.07) is 20.4. The van der Waals surface area contributed by atoms with Crippen molar-refractivity contribution >= 4 is 53.8 Å². The second-order valence-electron chi connectivity index (χ2n) is 12.7. The average Bonchev–Trinajstić information content (AvgIpc) is 3.41. The third kappa shape index (κ3) is 7.77. The standard InChI is InChI=1S/C27H21N2S.C13H24O2.Ir/c1-16-23(28-5)11-10-20-21-12-13-29-24(26(21)30-25(16)20)18-14-17-8-6-7-9-19(17)22(15-18)27(2,3)4;1-5-10(6-2)12(14)9-13(15)11(7-3)8-4;/h6-13,15H,1-4H3;9-11,14H,5-8H2,1-4H3;/q-1;;/b;12-9-;. The van der Waals surface area contributed by atoms with E-state index < -0.39 is 0 Å². The van der Waals surface area contributed by atoms with Crippen molar-refractivity contribution in [3.63, 3.8) is 0 Å². The first-order valence-corrected chi connectivity index (χ1v) is 16.9. The number of aliphatic hydroxyl groups is 1. The molecule has 0 aliphatic heterocycles. The van der Waals surface area contributed by atoms with Crippen LogP contribution in [0.5, 0.6) is 0 Å². The molecule has 0 atom stereocenters. The molecule has 0 saturated heterocycles. The predicted octanol–water partition coefficient (Wildman–Crippen LogP) is 12.1. The van der Waals surface area contributed by atoms with Gasteiger partial charge in [-0.15, -0.1) is 40.5 Å². The van der Waals surface area contributed by atoms with Crippen LogP contribution in [-0.4, -0.2) is 15.9 Å². The number of ketones is 1. The Hall–Kier alpha value is -3.36. The molecule has 4 nitrogen and oxygen atoms in total. The van der Waals surface area contributed by atoms with E-state index in [-0.39, 0.29) is 48.9 Å². The third-order valence-corrected chi connectivity index (χ3v) is 10.2. The van der Waals surface area contributed by atoms with Crippen LogP contribution in [0.25, 0.3) is 47.0 Å². The first kappa shape index (κ1) is 37.1. The average molecular weight is 810 g/mol. The fraction of sp³-hybridized carbons (Fsp3) is 0.375. The number of aliphatic hydroxyl groups excluding tert-OH is 1. The Bertz CT molecular complexity index is 1900. The van der Waals surface area contributed by atoms with Crippen molar-refractivity contribution in [3.8, 4) is 11.3 Å². The van der Waals surface area contributed by atoms with Crippen LogP contribution < -0.4 is 0 Å². The first-order chi connectivity index (χ1) is 21.5. The summed E-state index contributed by atoms with van der Waals surface area (Å²) in [4.78, 5) is 20.2. The van der Waals surface area contributed by atoms with E-state index in [9.17, 15) is 9.90 Å². The molecule has 243 valence electrons. The summed E-state index contributed by atoms with van der Waals surface area (Å²) >= 11 is 1.73. The van der Waals surface area contributed by atoms with Crippen molar-refractivity contribution in [2.75, 3.05) is 0 Å². The second-order valence-corrected chi connectivity index (χ2v) is 13.7. The van der Waals surface area contributed by atoms with Gasteiger partial charge in [-0.05, 0) is 60.4 Å². The van der Waals surface area contributed by atoms with Crippen molar-refractivity contribution in [2.45, 2.75) is 86.5 Å². The molecule has 6 heteroatoms. The SMILES string of the molecule is CCC(CC)C(=O)/C=C(\O)C(CC)CC.[C-]#[N+]c1ccc2c(sc3c(-c4[c-]c5ccccc5c(C(C)(C)C)c4)nccc32)c1C.[Ir]. The smallest absolute Gasteiger partial charge is 0.191 e. The van der Waals surface area contributed by atoms with E-state index in [0.717, 1.165) is 58.3 Å². The van der Waals surface area contributed by atoms with Crippen molar-refractivity contribution in [2.24, 2.45) is 11.8 Å². The molecule has 0 spiro atoms. The molecule has 0 aliphatic carbocycles. The van der Waals surface area contributed by atoms with E-state index in [4.69, 9.17) is 11.6 Å². The molecular formula is C40H45IrN2O2S-. The van der Waals surface area contributed by atoms with E-state index in [0.29, 0.717) is 0 Å². The molecule has 0 unspecified atom stereocenters. The monoisotopic (exact) mass is 810 g/mol. The zero-order valence-corrected chi connectivity index (χ0v) is 31.5. The van der Waals surface area contributed by atoms with Gasteiger partial charge in [-0.2, -0.15) is 0 Å². The molecule has 0 saturated carbocycles. The molecule has 3 aromatic carbocycles. The molecule has 5 rings (SSSR count). The number of carbonyl (C=O) groups excluding carboxylic acids is 1. The van der Waals surface area contributed by atoms with Crippen molar-refractivity contribution in [1.82, 2.24) is 4.98 Å². The summed E-state index contributed by atoms with van der Waals surface area (Å²) in [5.41, 5.74) is 5.08. The number of hydrogen-bond acceptors (Lipinski definition) is 4. The number of rotatable bonds is 8. The van der Waals surface area contributed by atoms with Crippen LogP contribution in [0.4, 0.5) is 5.69 Å². The van der Waals surface area contributed by atoms with Crippen LogP contribution in [0, 0.1) is 31.4 Å². The molecule has 0 amide bonds. The quantitative estimate of drug-likeness (QED) is 0.0965. The van der Waals surface area contributed by atoms with Crippen LogP contribution in [0.1, 0.15) is 85.3 Å². The number of allylic oxidation sites excluding steroid dienone is 2. The minimum absolute atomic E-state index is 0. The van der Waals surface area contributed by atoms with E-state index in [1.54, 1.807) is 11.3 Å². The third-order valence-electron chi connectivity index (χ3n) is 8.82. The van der Waals surface area contributed by atoms with Crippen LogP contribution >= 0.6 is 11.3 Å². The van der Waals surface area contributed by atoms with Gasteiger partial charge >= 0.3 is 0 Å². The number of aryl methyl sites for hydroxylation is 1. The largest absolute Gasteiger partial charge is 0.512 e. The maximum Gasteiger partial charge on any atom is 0.191 e. The number of benzene rings is 3. The number of fused-ring (bicyclic) bond motifs is 4. The van der Waals surface area contributed by atoms with Gasteiger partial charge in [0.15, 0.2) is 11.5 Å². The summed E-state index contributed by atoms with van der Waals surface area (Å²) in [6.45, 7) is 24.3. The zero-order chi connectivity index (χ0) is 32.9. The maximum absolute atomic E-state index is 11.7. The molecule has 46 heavy (non-hydrogen) atoms. The minimum Gasteiger partial charge on any atom is -0.512 e. The fourth-order valence-electron chi connectivity index (χ4n) is 5.96. The van der Waals surface area contributed by atoms with Crippen LogP contribution in [0.2, 0.25) is 0 Å². The Labute approximate surface area is 292 Å². The number of pyridine rings is 1. The minimum atomic E-state index is 0. The number of aromatic nitrogens is 1. The summed E-state index contributed by atoms with van der Waals surface area (Å²) in [6.07, 6.45) is 6.80. The van der Waals surface area contributed by atoms with Gasteiger partial charge in [0.05, 0.1) is 12.3 Å². The summed E-state index contributed by atoms with van der Waals surface area (Å²) in [5, 5.41) is 14.5. The van der Waals surface area contributed by atoms with Gasteiger partial charge in [0.25, 0.3) is 0 Å². The summed E-state index contributed by atoms with van der Waals surface area (Å²) in [5.74, 6) is 0.547. The molecule has 0 fully saturated rings. The van der Waals surface area contributed by atoms with Crippen LogP contribution in [-0.2, 0) is 30.3 Å². The molecule has 0 aliphatic rings. The Morgan fingerprint density at radius 2 is 1.59 bits per heavy atom. The van der Waals surface area contributed by atoms with Gasteiger partial charge in [0.2, 0.25) is 0 Å². The van der Waals surface area contributed by atoms with Gasteiger partial charge in [0.1, 0.15) is 0 Å². The molecule has 2 heterocycles. The van der Waals surface area contributed by atoms with Crippen molar-refractivity contribution < 1.29 is 30.0 Å². The first-order valence-electron chi connectivity index (χ1n) is 16.1. The topological polar surface area (TPSA) is 54.5 Å². The molecule has 1 N–H and O–H groups in total. The van der Waals surface area contributed by atoms with Gasteiger partial charge in [-0.3, -0.25) is 9.78 Å². The van der Waals surface area contributed by atoms with Gasteiger partial charge < -0.3 is 5.11 Å². The number of carbonyl (C=O) groups is 1. The predicted molar refractivity (Wildman–Crippen MR) is 192 cm³/mol. The van der Waals surface area contributed by atoms with E-state index in [1.165, 1.54) is 32.5 Å². The van der Waals surface area contributed by atoms with Crippen molar-refractivity contribution in [1.29, 1.82) is 0 Å². The fourth-order valence-corrected chi connectivity index (χ4v) is 7.26. The Morgan fingerprint density at radius 3 is 2.20 bits per heavy atom. The Kier molecular flexibility index (Phi) is 12.9. The molecule has 2 aromatic heterocycles. The normalized spacial score (nSPS) is 11.9. The van der Waals surface area contributed by atoms with E-state index in [1.807, 2.05) is 46.9 Å². The van der Waals surface area contributed by atoms with E-state index in [2.05, 4.69) is 74.1 Å². The van der Waals surface area contributed by atoms with Gasteiger partial charge in [-0.25, -0.2) is 4.85 Å². The Balaban J connectivity index is 0.000000309. The van der Waals surface area contributed by atoms with Crippen molar-refractivity contribution in [3.05, 3.63) is 95.2 Å². The molecule has 0 bridgehead atoms. The van der Waals surface area contributed by atoms with Gasteiger partial charge in [-0.1, -0.05) is 89.7 Å². The summed E-state index contributed by atoms with van der Waals surface area (Å²) in [7, 11) is 0. The molecular weight excluding hydrogens is 765 g/mol. The second kappa shape index (κ2) is 16.0. The number of thiophene rings is 1. The number of nitrogens with zero attached hydrogens (tertiary/aromatic N) is 2. The van der Waals surface area contributed by atoms with Crippen LogP contribution in [0.15, 0.2) is 66.6 Å². The maximum atomic E-state index is 11.7. The summed E-state index contributed by atoms with van der Waals surface area (Å²) < 4.78 is 2.33.